The number of nitrogens with zero attached hydrogens (tertiary/aromatic N) is 6. The van der Waals surface area contributed by atoms with E-state index in [1.165, 1.54) is 18.0 Å². The van der Waals surface area contributed by atoms with Crippen LogP contribution in [0.2, 0.25) is 0 Å². The molecule has 2 aliphatic heterocycles. The Morgan fingerprint density at radius 1 is 1.29 bits per heavy atom. The molecular weight excluding hydrogens is 511 g/mol. The van der Waals surface area contributed by atoms with Crippen molar-refractivity contribution in [1.29, 1.82) is 0 Å². The van der Waals surface area contributed by atoms with Crippen LogP contribution >= 0.6 is 0 Å². The SMILES string of the molecule is CC=N/C(=C/C(C)F)c1nc2c3c(nc(OC[C@]4(CC)C[C@@H](F)CN4C)nc3c1F)N(CC(F)F)CCO2. The number of aromatic nitrogens is 3. The standard InChI is InChI=1S/C25H31F5N6O2/c1-5-25(10-15(27)11-35(25)4)13-38-24-33-21-18-22(34-24)36(12-17(28)29)7-8-37-23(18)32-20(19(21)30)16(31-6-2)9-14(3)26/h6,9,14-15,17H,5,7-8,10-13H2,1-4H3/b16-9+,31-6?/t14?,15-,25+/m1/s1. The van der Waals surface area contributed by atoms with Crippen LogP contribution < -0.4 is 14.4 Å². The maximum Gasteiger partial charge on any atom is 0.319 e. The molecule has 38 heavy (non-hydrogen) atoms. The summed E-state index contributed by atoms with van der Waals surface area (Å²) in [5, 5.41) is -0.00288. The second kappa shape index (κ2) is 11.3. The van der Waals surface area contributed by atoms with E-state index in [-0.39, 0.29) is 72.7 Å². The lowest BCUT2D eigenvalue weighted by molar-refractivity contribution is 0.0877. The van der Waals surface area contributed by atoms with Crippen LogP contribution in [0.5, 0.6) is 11.9 Å². The highest BCUT2D eigenvalue weighted by atomic mass is 19.3. The summed E-state index contributed by atoms with van der Waals surface area (Å²) in [5.41, 5.74) is -1.31. The molecule has 1 fully saturated rings. The van der Waals surface area contributed by atoms with Crippen molar-refractivity contribution in [2.45, 2.75) is 57.9 Å². The fraction of sp³-hybridized carbons (Fsp3) is 0.600. The molecule has 2 aliphatic rings. The van der Waals surface area contributed by atoms with Crippen LogP contribution in [0.25, 0.3) is 16.6 Å². The third-order valence-electron chi connectivity index (χ3n) is 6.88. The minimum Gasteiger partial charge on any atom is -0.475 e. The highest BCUT2D eigenvalue weighted by Gasteiger charge is 2.43. The molecule has 4 rings (SSSR count). The first kappa shape index (κ1) is 27.9. The summed E-state index contributed by atoms with van der Waals surface area (Å²) in [6, 6.07) is -0.261. The molecule has 0 N–H and O–H groups in total. The second-order valence-corrected chi connectivity index (χ2v) is 9.48. The number of aliphatic imine (C=N–C) groups is 1. The fourth-order valence-corrected chi connectivity index (χ4v) is 4.92. The Labute approximate surface area is 217 Å². The molecule has 1 saturated heterocycles. The lowest BCUT2D eigenvalue weighted by Gasteiger charge is -2.34. The van der Waals surface area contributed by atoms with Gasteiger partial charge < -0.3 is 14.4 Å². The normalized spacial score (nSPS) is 23.4. The summed E-state index contributed by atoms with van der Waals surface area (Å²) >= 11 is 0. The van der Waals surface area contributed by atoms with Crippen LogP contribution in [0.15, 0.2) is 11.1 Å². The number of rotatable bonds is 9. The van der Waals surface area contributed by atoms with Crippen LogP contribution in [-0.4, -0.2) is 90.3 Å². The number of halogens is 5. The first-order valence-electron chi connectivity index (χ1n) is 12.5. The Morgan fingerprint density at radius 2 is 2.05 bits per heavy atom. The van der Waals surface area contributed by atoms with Gasteiger partial charge in [-0.25, -0.2) is 26.9 Å². The predicted molar refractivity (Wildman–Crippen MR) is 134 cm³/mol. The molecule has 0 aliphatic carbocycles. The Kier molecular flexibility index (Phi) is 8.34. The van der Waals surface area contributed by atoms with Crippen molar-refractivity contribution in [1.82, 2.24) is 19.9 Å². The molecule has 0 radical (unpaired) electrons. The molecule has 0 aromatic carbocycles. The van der Waals surface area contributed by atoms with Gasteiger partial charge in [0.2, 0.25) is 5.88 Å². The lowest BCUT2D eigenvalue weighted by Crippen LogP contribution is -2.46. The van der Waals surface area contributed by atoms with Gasteiger partial charge in [0.05, 0.1) is 24.3 Å². The Balaban J connectivity index is 1.88. The Hall–Kier alpha value is -3.09. The monoisotopic (exact) mass is 542 g/mol. The average Bonchev–Trinajstić information content (AvgIpc) is 3.04. The van der Waals surface area contributed by atoms with Crippen molar-refractivity contribution in [3.8, 4) is 11.9 Å². The number of allylic oxidation sites excluding steroid dienone is 1. The molecule has 4 heterocycles. The highest BCUT2D eigenvalue weighted by Crippen LogP contribution is 2.39. The average molecular weight is 543 g/mol. The van der Waals surface area contributed by atoms with E-state index < -0.39 is 36.7 Å². The number of hydrogen-bond acceptors (Lipinski definition) is 8. The molecule has 0 amide bonds. The van der Waals surface area contributed by atoms with Gasteiger partial charge >= 0.3 is 6.01 Å². The molecule has 3 atom stereocenters. The summed E-state index contributed by atoms with van der Waals surface area (Å²) in [4.78, 5) is 20.0. The molecule has 1 unspecified atom stereocenters. The molecule has 2 aromatic rings. The van der Waals surface area contributed by atoms with Gasteiger partial charge in [0, 0.05) is 19.2 Å². The molecular formula is C25H31F5N6O2. The molecule has 2 aromatic heterocycles. The van der Waals surface area contributed by atoms with E-state index >= 15 is 4.39 Å². The molecule has 13 heteroatoms. The third-order valence-corrected chi connectivity index (χ3v) is 6.88. The molecule has 8 nitrogen and oxygen atoms in total. The summed E-state index contributed by atoms with van der Waals surface area (Å²) in [7, 11) is 1.79. The number of ether oxygens (including phenoxy) is 2. The highest BCUT2D eigenvalue weighted by molar-refractivity contribution is 5.96. The van der Waals surface area contributed by atoms with E-state index in [2.05, 4.69) is 19.9 Å². The Bertz CT molecular complexity index is 1230. The number of alkyl halides is 4. The van der Waals surface area contributed by atoms with Crippen LogP contribution in [-0.2, 0) is 0 Å². The maximum absolute atomic E-state index is 16.0. The van der Waals surface area contributed by atoms with Gasteiger partial charge in [-0.2, -0.15) is 9.97 Å². The van der Waals surface area contributed by atoms with E-state index in [4.69, 9.17) is 9.47 Å². The molecule has 0 saturated carbocycles. The third kappa shape index (κ3) is 5.52. The van der Waals surface area contributed by atoms with E-state index in [1.54, 1.807) is 14.0 Å². The fourth-order valence-electron chi connectivity index (χ4n) is 4.92. The topological polar surface area (TPSA) is 76.0 Å². The van der Waals surface area contributed by atoms with Gasteiger partial charge in [-0.3, -0.25) is 9.89 Å². The van der Waals surface area contributed by atoms with Crippen molar-refractivity contribution in [3.05, 3.63) is 17.6 Å². The summed E-state index contributed by atoms with van der Waals surface area (Å²) < 4.78 is 82.5. The molecule has 0 bridgehead atoms. The largest absolute Gasteiger partial charge is 0.475 e. The van der Waals surface area contributed by atoms with Gasteiger partial charge in [0.25, 0.3) is 6.43 Å². The second-order valence-electron chi connectivity index (χ2n) is 9.48. The van der Waals surface area contributed by atoms with Crippen LogP contribution in [0.3, 0.4) is 0 Å². The minimum absolute atomic E-state index is 0.00288. The number of likely N-dealkylation sites (N-methyl/N-ethyl adjacent to an activating group) is 1. The van der Waals surface area contributed by atoms with Gasteiger partial charge in [-0.1, -0.05) is 6.92 Å². The quantitative estimate of drug-likeness (QED) is 0.338. The zero-order valence-electron chi connectivity index (χ0n) is 21.7. The first-order valence-corrected chi connectivity index (χ1v) is 12.5. The zero-order chi connectivity index (χ0) is 27.6. The summed E-state index contributed by atoms with van der Waals surface area (Å²) in [6.45, 7) is 4.30. The van der Waals surface area contributed by atoms with Crippen LogP contribution in [0.4, 0.5) is 27.8 Å². The number of pyridine rings is 1. The minimum atomic E-state index is -2.71. The van der Waals surface area contributed by atoms with Crippen LogP contribution in [0, 0.1) is 5.82 Å². The zero-order valence-corrected chi connectivity index (χ0v) is 21.7. The summed E-state index contributed by atoms with van der Waals surface area (Å²) in [5.74, 6) is -1.06. The van der Waals surface area contributed by atoms with Gasteiger partial charge in [0.1, 0.15) is 48.0 Å². The molecule has 0 spiro atoms. The predicted octanol–water partition coefficient (Wildman–Crippen LogP) is 4.62. The number of likely N-dealkylation sites (tertiary alicyclic amines) is 1. The Morgan fingerprint density at radius 3 is 2.66 bits per heavy atom. The van der Waals surface area contributed by atoms with Crippen LogP contribution in [0.1, 0.15) is 39.3 Å². The van der Waals surface area contributed by atoms with Crippen molar-refractivity contribution in [3.63, 3.8) is 0 Å². The van der Waals surface area contributed by atoms with Crippen molar-refractivity contribution >= 4 is 28.6 Å². The smallest absolute Gasteiger partial charge is 0.319 e. The van der Waals surface area contributed by atoms with Crippen molar-refractivity contribution < 1.29 is 31.4 Å². The number of hydrogen-bond donors (Lipinski definition) is 0. The first-order chi connectivity index (χ1) is 18.1. The van der Waals surface area contributed by atoms with Crippen molar-refractivity contribution in [2.24, 2.45) is 4.99 Å². The van der Waals surface area contributed by atoms with E-state index in [9.17, 15) is 17.6 Å². The van der Waals surface area contributed by atoms with E-state index in [0.717, 1.165) is 6.08 Å². The summed E-state index contributed by atoms with van der Waals surface area (Å²) in [6.07, 6.45) is -1.92. The van der Waals surface area contributed by atoms with Crippen molar-refractivity contribution in [2.75, 3.05) is 44.8 Å². The van der Waals surface area contributed by atoms with Gasteiger partial charge in [0.15, 0.2) is 5.82 Å². The van der Waals surface area contributed by atoms with Gasteiger partial charge in [-0.05, 0) is 33.4 Å². The molecule has 208 valence electrons. The van der Waals surface area contributed by atoms with E-state index in [0.29, 0.717) is 6.42 Å². The lowest BCUT2D eigenvalue weighted by atomic mass is 9.94. The maximum atomic E-state index is 16.0. The number of anilines is 1. The van der Waals surface area contributed by atoms with E-state index in [1.807, 2.05) is 11.8 Å². The van der Waals surface area contributed by atoms with Gasteiger partial charge in [-0.15, -0.1) is 0 Å².